The number of benzene rings is 2. The van der Waals surface area contributed by atoms with E-state index < -0.39 is 0 Å². The molecular formula is C28H33N7O4. The number of para-hydroxylation sites is 1. The summed E-state index contributed by atoms with van der Waals surface area (Å²) in [6.45, 7) is 7.94. The minimum Gasteiger partial charge on any atom is -0.377 e. The lowest BCUT2D eigenvalue weighted by Gasteiger charge is -2.36. The second kappa shape index (κ2) is 12.1. The van der Waals surface area contributed by atoms with E-state index in [-0.39, 0.29) is 24.0 Å². The number of carbonyl (C=O) groups is 2. The molecule has 3 amide bonds. The number of hydrogen-bond acceptors (Lipinski definition) is 8. The number of carbonyl (C=O) groups excluding carboxylic acids is 2. The SMILES string of the molecule is C[C@H]1COCCN1c1cc(NC(=O)c2ccc(NC(=O)Nc3ccccc3)cc2)nc(N2CCOC[C@@H]2C)n1. The lowest BCUT2D eigenvalue weighted by molar-refractivity contribution is 0.0971. The van der Waals surface area contributed by atoms with Crippen molar-refractivity contribution in [3.8, 4) is 0 Å². The lowest BCUT2D eigenvalue weighted by Crippen LogP contribution is -2.46. The zero-order valence-corrected chi connectivity index (χ0v) is 22.1. The fourth-order valence-corrected chi connectivity index (χ4v) is 4.56. The Balaban J connectivity index is 1.30. The van der Waals surface area contributed by atoms with E-state index in [0.717, 1.165) is 5.82 Å². The summed E-state index contributed by atoms with van der Waals surface area (Å²) in [6, 6.07) is 17.5. The van der Waals surface area contributed by atoms with Gasteiger partial charge in [-0.15, -0.1) is 0 Å². The van der Waals surface area contributed by atoms with E-state index in [1.807, 2.05) is 18.2 Å². The van der Waals surface area contributed by atoms with E-state index in [9.17, 15) is 9.59 Å². The summed E-state index contributed by atoms with van der Waals surface area (Å²) >= 11 is 0. The Kier molecular flexibility index (Phi) is 8.18. The van der Waals surface area contributed by atoms with Gasteiger partial charge in [0.15, 0.2) is 0 Å². The molecule has 2 saturated heterocycles. The molecule has 0 spiro atoms. The van der Waals surface area contributed by atoms with Crippen LogP contribution in [0.5, 0.6) is 0 Å². The summed E-state index contributed by atoms with van der Waals surface area (Å²) in [5.41, 5.74) is 1.69. The normalized spacial score (nSPS) is 19.3. The molecule has 11 nitrogen and oxygen atoms in total. The van der Waals surface area contributed by atoms with Gasteiger partial charge in [0.2, 0.25) is 5.95 Å². The third-order valence-corrected chi connectivity index (χ3v) is 6.67. The highest BCUT2D eigenvalue weighted by Crippen LogP contribution is 2.26. The van der Waals surface area contributed by atoms with Crippen LogP contribution >= 0.6 is 0 Å². The van der Waals surface area contributed by atoms with Crippen LogP contribution in [-0.4, -0.2) is 73.5 Å². The van der Waals surface area contributed by atoms with Crippen molar-refractivity contribution in [3.63, 3.8) is 0 Å². The van der Waals surface area contributed by atoms with Crippen LogP contribution in [0.4, 0.5) is 33.8 Å². The molecule has 3 aromatic rings. The molecular weight excluding hydrogens is 498 g/mol. The number of anilines is 5. The van der Waals surface area contributed by atoms with Crippen molar-refractivity contribution in [3.05, 3.63) is 66.2 Å². The van der Waals surface area contributed by atoms with E-state index in [1.54, 1.807) is 42.5 Å². The molecule has 3 N–H and O–H groups in total. The van der Waals surface area contributed by atoms with Gasteiger partial charge in [-0.1, -0.05) is 18.2 Å². The molecule has 0 unspecified atom stereocenters. The maximum atomic E-state index is 13.2. The molecule has 11 heteroatoms. The zero-order valence-electron chi connectivity index (χ0n) is 22.1. The lowest BCUT2D eigenvalue weighted by atomic mass is 10.2. The van der Waals surface area contributed by atoms with E-state index >= 15 is 0 Å². The van der Waals surface area contributed by atoms with E-state index in [4.69, 9.17) is 19.4 Å². The highest BCUT2D eigenvalue weighted by atomic mass is 16.5. The maximum Gasteiger partial charge on any atom is 0.323 e. The first-order valence-corrected chi connectivity index (χ1v) is 13.1. The number of urea groups is 1. The van der Waals surface area contributed by atoms with Gasteiger partial charge in [-0.2, -0.15) is 9.97 Å². The molecule has 2 atom stereocenters. The van der Waals surface area contributed by atoms with Crippen molar-refractivity contribution in [1.82, 2.24) is 9.97 Å². The molecule has 204 valence electrons. The van der Waals surface area contributed by atoms with Crippen molar-refractivity contribution in [1.29, 1.82) is 0 Å². The first kappa shape index (κ1) is 26.4. The summed E-state index contributed by atoms with van der Waals surface area (Å²) in [7, 11) is 0. The number of rotatable bonds is 6. The van der Waals surface area contributed by atoms with Crippen LogP contribution in [0.1, 0.15) is 24.2 Å². The van der Waals surface area contributed by atoms with Gasteiger partial charge in [0.25, 0.3) is 5.91 Å². The van der Waals surface area contributed by atoms with Gasteiger partial charge >= 0.3 is 6.03 Å². The summed E-state index contributed by atoms with van der Waals surface area (Å²) in [5, 5.41) is 8.47. The summed E-state index contributed by atoms with van der Waals surface area (Å²) in [5.74, 6) is 1.41. The average Bonchev–Trinajstić information content (AvgIpc) is 2.94. The standard InChI is InChI=1S/C28H33N7O4/c1-19-17-38-14-12-34(19)25-16-24(32-27(33-25)35-13-15-39-18-20(35)2)31-26(36)21-8-10-23(11-9-21)30-28(37)29-22-6-4-3-5-7-22/h3-11,16,19-20H,12-15,17-18H2,1-2H3,(H2,29,30,37)(H,31,32,33,36)/t19-,20-/m0/s1. The molecule has 0 aliphatic carbocycles. The molecule has 1 aromatic heterocycles. The third-order valence-electron chi connectivity index (χ3n) is 6.67. The van der Waals surface area contributed by atoms with Gasteiger partial charge in [0, 0.05) is 36.1 Å². The Morgan fingerprint density at radius 3 is 2.05 bits per heavy atom. The topological polar surface area (TPSA) is 121 Å². The van der Waals surface area contributed by atoms with Crippen LogP contribution in [-0.2, 0) is 9.47 Å². The van der Waals surface area contributed by atoms with Gasteiger partial charge in [0.05, 0.1) is 38.5 Å². The average molecular weight is 532 g/mol. The van der Waals surface area contributed by atoms with Gasteiger partial charge in [-0.3, -0.25) is 4.79 Å². The van der Waals surface area contributed by atoms with Gasteiger partial charge in [-0.05, 0) is 50.2 Å². The Morgan fingerprint density at radius 2 is 1.41 bits per heavy atom. The molecule has 2 aliphatic rings. The summed E-state index contributed by atoms with van der Waals surface area (Å²) < 4.78 is 11.2. The number of hydrogen-bond donors (Lipinski definition) is 3. The van der Waals surface area contributed by atoms with E-state index in [0.29, 0.717) is 68.2 Å². The minimum absolute atomic E-state index is 0.110. The quantitative estimate of drug-likeness (QED) is 0.439. The number of ether oxygens (including phenoxy) is 2. The molecule has 2 aliphatic heterocycles. The van der Waals surface area contributed by atoms with Crippen molar-refractivity contribution < 1.29 is 19.1 Å². The van der Waals surface area contributed by atoms with Crippen LogP contribution in [0.25, 0.3) is 0 Å². The first-order valence-electron chi connectivity index (χ1n) is 13.1. The van der Waals surface area contributed by atoms with Crippen LogP contribution in [0.2, 0.25) is 0 Å². The molecule has 0 radical (unpaired) electrons. The Labute approximate surface area is 227 Å². The van der Waals surface area contributed by atoms with Crippen molar-refractivity contribution >= 4 is 40.9 Å². The maximum absolute atomic E-state index is 13.2. The van der Waals surface area contributed by atoms with Gasteiger partial charge < -0.3 is 35.2 Å². The summed E-state index contributed by atoms with van der Waals surface area (Å²) in [6.07, 6.45) is 0. The highest BCUT2D eigenvalue weighted by Gasteiger charge is 2.26. The second-order valence-electron chi connectivity index (χ2n) is 9.62. The number of aromatic nitrogens is 2. The van der Waals surface area contributed by atoms with E-state index in [2.05, 4.69) is 39.6 Å². The Bertz CT molecular complexity index is 1250. The van der Waals surface area contributed by atoms with Gasteiger partial charge in [-0.25, -0.2) is 4.79 Å². The smallest absolute Gasteiger partial charge is 0.323 e. The molecule has 3 heterocycles. The number of nitrogens with zero attached hydrogens (tertiary/aromatic N) is 4. The molecule has 2 aromatic carbocycles. The summed E-state index contributed by atoms with van der Waals surface area (Å²) in [4.78, 5) is 39.3. The molecule has 0 bridgehead atoms. The zero-order chi connectivity index (χ0) is 27.2. The van der Waals surface area contributed by atoms with Crippen LogP contribution in [0.3, 0.4) is 0 Å². The van der Waals surface area contributed by atoms with Crippen molar-refractivity contribution in [2.24, 2.45) is 0 Å². The predicted molar refractivity (Wildman–Crippen MR) is 151 cm³/mol. The second-order valence-corrected chi connectivity index (χ2v) is 9.62. The largest absolute Gasteiger partial charge is 0.377 e. The minimum atomic E-state index is -0.367. The van der Waals surface area contributed by atoms with Crippen LogP contribution in [0.15, 0.2) is 60.7 Å². The predicted octanol–water partition coefficient (Wildman–Crippen LogP) is 3.82. The fourth-order valence-electron chi connectivity index (χ4n) is 4.56. The molecule has 5 rings (SSSR count). The highest BCUT2D eigenvalue weighted by molar-refractivity contribution is 6.05. The van der Waals surface area contributed by atoms with Crippen LogP contribution < -0.4 is 25.8 Å². The molecule has 39 heavy (non-hydrogen) atoms. The third kappa shape index (κ3) is 6.62. The van der Waals surface area contributed by atoms with Crippen molar-refractivity contribution in [2.75, 3.05) is 65.3 Å². The first-order chi connectivity index (χ1) is 19.0. The monoisotopic (exact) mass is 531 g/mol. The Morgan fingerprint density at radius 1 is 0.795 bits per heavy atom. The van der Waals surface area contributed by atoms with Gasteiger partial charge in [0.1, 0.15) is 11.6 Å². The van der Waals surface area contributed by atoms with Crippen LogP contribution in [0, 0.1) is 0 Å². The fraction of sp³-hybridized carbons (Fsp3) is 0.357. The molecule has 0 saturated carbocycles. The van der Waals surface area contributed by atoms with E-state index in [1.165, 1.54) is 0 Å². The van der Waals surface area contributed by atoms with Crippen molar-refractivity contribution in [2.45, 2.75) is 25.9 Å². The number of amides is 3. The number of nitrogens with one attached hydrogen (secondary N) is 3. The molecule has 2 fully saturated rings. The number of morpholine rings is 2. The Hall–Kier alpha value is -4.22.